The van der Waals surface area contributed by atoms with Crippen LogP contribution in [0.4, 0.5) is 10.1 Å². The van der Waals surface area contributed by atoms with E-state index in [1.165, 1.54) is 18.2 Å². The highest BCUT2D eigenvalue weighted by Gasteiger charge is 2.05. The third-order valence-corrected chi connectivity index (χ3v) is 2.47. The largest absolute Gasteiger partial charge is 0.455 e. The van der Waals surface area contributed by atoms with E-state index in [2.05, 4.69) is 0 Å². The Labute approximate surface area is 108 Å². The topological polar surface area (TPSA) is 35.2 Å². The molecule has 0 aliphatic heterocycles. The van der Waals surface area contributed by atoms with Crippen LogP contribution in [-0.2, 0) is 0 Å². The van der Waals surface area contributed by atoms with Crippen LogP contribution in [0.2, 0.25) is 10.0 Å². The molecule has 2 rings (SSSR count). The lowest BCUT2D eigenvalue weighted by atomic mass is 10.3. The van der Waals surface area contributed by atoms with Gasteiger partial charge in [-0.15, -0.1) is 0 Å². The lowest BCUT2D eigenvalue weighted by molar-refractivity contribution is 0.483. The van der Waals surface area contributed by atoms with Gasteiger partial charge in [0, 0.05) is 16.1 Å². The molecule has 0 heterocycles. The van der Waals surface area contributed by atoms with Gasteiger partial charge >= 0.3 is 0 Å². The number of nitrogen functional groups attached to an aromatic ring is 1. The van der Waals surface area contributed by atoms with Gasteiger partial charge in [0.05, 0.1) is 5.69 Å². The lowest BCUT2D eigenvalue weighted by Crippen LogP contribution is -1.93. The van der Waals surface area contributed by atoms with E-state index in [1.54, 1.807) is 18.2 Å². The lowest BCUT2D eigenvalue weighted by Gasteiger charge is -2.09. The van der Waals surface area contributed by atoms with Crippen LogP contribution >= 0.6 is 23.2 Å². The summed E-state index contributed by atoms with van der Waals surface area (Å²) < 4.78 is 18.3. The van der Waals surface area contributed by atoms with Crippen LogP contribution < -0.4 is 10.5 Å². The minimum atomic E-state index is -0.418. The Morgan fingerprint density at radius 2 is 1.65 bits per heavy atom. The summed E-state index contributed by atoms with van der Waals surface area (Å²) >= 11 is 11.7. The number of ether oxygens (including phenoxy) is 1. The predicted molar refractivity (Wildman–Crippen MR) is 67.3 cm³/mol. The molecule has 0 amide bonds. The molecule has 0 aromatic heterocycles. The first-order valence-electron chi connectivity index (χ1n) is 4.73. The van der Waals surface area contributed by atoms with E-state index in [0.29, 0.717) is 21.5 Å². The molecule has 2 N–H and O–H groups in total. The van der Waals surface area contributed by atoms with Gasteiger partial charge < -0.3 is 10.5 Å². The highest BCUT2D eigenvalue weighted by molar-refractivity contribution is 6.34. The van der Waals surface area contributed by atoms with E-state index in [-0.39, 0.29) is 5.69 Å². The number of hydrogen-bond acceptors (Lipinski definition) is 2. The first-order chi connectivity index (χ1) is 8.04. The second-order valence-corrected chi connectivity index (χ2v) is 4.26. The summed E-state index contributed by atoms with van der Waals surface area (Å²) in [6.07, 6.45) is 0. The smallest absolute Gasteiger partial charge is 0.150 e. The van der Waals surface area contributed by atoms with Gasteiger partial charge in [-0.05, 0) is 30.3 Å². The fourth-order valence-electron chi connectivity index (χ4n) is 1.33. The second-order valence-electron chi connectivity index (χ2n) is 3.39. The molecule has 17 heavy (non-hydrogen) atoms. The van der Waals surface area contributed by atoms with Gasteiger partial charge in [-0.3, -0.25) is 0 Å². The van der Waals surface area contributed by atoms with Gasteiger partial charge in [-0.2, -0.15) is 0 Å². The molecule has 2 aromatic rings. The molecule has 0 aliphatic rings. The summed E-state index contributed by atoms with van der Waals surface area (Å²) in [5, 5.41) is 0.904. The molecule has 2 aromatic carbocycles. The van der Waals surface area contributed by atoms with Gasteiger partial charge in [0.15, 0.2) is 5.75 Å². The Hall–Kier alpha value is -1.45. The van der Waals surface area contributed by atoms with Gasteiger partial charge in [-0.25, -0.2) is 4.39 Å². The Morgan fingerprint density at radius 1 is 1.00 bits per heavy atom. The van der Waals surface area contributed by atoms with Crippen molar-refractivity contribution in [3.8, 4) is 11.5 Å². The van der Waals surface area contributed by atoms with Crippen LogP contribution in [0.3, 0.4) is 0 Å². The van der Waals surface area contributed by atoms with Crippen molar-refractivity contribution in [3.63, 3.8) is 0 Å². The minimum Gasteiger partial charge on any atom is -0.455 e. The molecular weight excluding hydrogens is 264 g/mol. The molecule has 0 fully saturated rings. The van der Waals surface area contributed by atoms with Crippen molar-refractivity contribution in [2.45, 2.75) is 0 Å². The van der Waals surface area contributed by atoms with Crippen LogP contribution in [0, 0.1) is 5.82 Å². The van der Waals surface area contributed by atoms with Crippen LogP contribution in [0.5, 0.6) is 11.5 Å². The van der Waals surface area contributed by atoms with Crippen LogP contribution in [0.1, 0.15) is 0 Å². The van der Waals surface area contributed by atoms with Crippen LogP contribution in [-0.4, -0.2) is 0 Å². The van der Waals surface area contributed by atoms with Crippen molar-refractivity contribution in [1.29, 1.82) is 0 Å². The molecule has 0 radical (unpaired) electrons. The van der Waals surface area contributed by atoms with E-state index in [0.717, 1.165) is 0 Å². The van der Waals surface area contributed by atoms with Crippen molar-refractivity contribution in [1.82, 2.24) is 0 Å². The Balaban J connectivity index is 2.31. The van der Waals surface area contributed by atoms with E-state index >= 15 is 0 Å². The zero-order valence-electron chi connectivity index (χ0n) is 8.58. The van der Waals surface area contributed by atoms with Crippen molar-refractivity contribution in [3.05, 3.63) is 52.3 Å². The Kier molecular flexibility index (Phi) is 3.41. The second kappa shape index (κ2) is 4.82. The van der Waals surface area contributed by atoms with E-state index in [9.17, 15) is 4.39 Å². The first-order valence-corrected chi connectivity index (χ1v) is 5.49. The number of nitrogens with two attached hydrogens (primary N) is 1. The maximum absolute atomic E-state index is 12.8. The molecule has 2 nitrogen and oxygen atoms in total. The highest BCUT2D eigenvalue weighted by Crippen LogP contribution is 2.31. The average molecular weight is 272 g/mol. The molecule has 0 spiro atoms. The van der Waals surface area contributed by atoms with Crippen LogP contribution in [0.15, 0.2) is 36.4 Å². The van der Waals surface area contributed by atoms with Crippen molar-refractivity contribution >= 4 is 28.9 Å². The molecular formula is C12H8Cl2FNO. The number of benzene rings is 2. The summed E-state index contributed by atoms with van der Waals surface area (Å²) in [6, 6.07) is 8.66. The van der Waals surface area contributed by atoms with E-state index in [4.69, 9.17) is 33.7 Å². The van der Waals surface area contributed by atoms with Crippen molar-refractivity contribution in [2.24, 2.45) is 0 Å². The molecule has 0 saturated heterocycles. The molecule has 0 saturated carbocycles. The van der Waals surface area contributed by atoms with E-state index < -0.39 is 5.82 Å². The van der Waals surface area contributed by atoms with Gasteiger partial charge in [0.25, 0.3) is 0 Å². The fourth-order valence-corrected chi connectivity index (χ4v) is 1.83. The molecule has 0 atom stereocenters. The fraction of sp³-hybridized carbons (Fsp3) is 0. The van der Waals surface area contributed by atoms with Gasteiger partial charge in [-0.1, -0.05) is 23.2 Å². The Morgan fingerprint density at radius 3 is 2.24 bits per heavy atom. The monoisotopic (exact) mass is 271 g/mol. The van der Waals surface area contributed by atoms with E-state index in [1.807, 2.05) is 0 Å². The zero-order chi connectivity index (χ0) is 12.4. The number of rotatable bonds is 2. The maximum atomic E-state index is 12.8. The highest BCUT2D eigenvalue weighted by atomic mass is 35.5. The summed E-state index contributed by atoms with van der Waals surface area (Å²) in [5.74, 6) is 0.379. The summed E-state index contributed by atoms with van der Waals surface area (Å²) in [6.45, 7) is 0. The average Bonchev–Trinajstić information content (AvgIpc) is 2.21. The molecule has 0 unspecified atom stereocenters. The zero-order valence-corrected chi connectivity index (χ0v) is 10.1. The Bertz CT molecular complexity index is 540. The number of anilines is 1. The standard InChI is InChI=1S/C12H8Cl2FNO/c13-7-3-8(14)5-10(4-7)17-12-2-1-9(15)6-11(12)16/h1-6H,16H2. The minimum absolute atomic E-state index is 0.209. The number of halogens is 3. The van der Waals surface area contributed by atoms with Gasteiger partial charge in [0.1, 0.15) is 11.6 Å². The summed E-state index contributed by atoms with van der Waals surface area (Å²) in [4.78, 5) is 0. The summed E-state index contributed by atoms with van der Waals surface area (Å²) in [7, 11) is 0. The van der Waals surface area contributed by atoms with Crippen molar-refractivity contribution < 1.29 is 9.13 Å². The normalized spacial score (nSPS) is 10.3. The molecule has 0 bridgehead atoms. The summed E-state index contributed by atoms with van der Waals surface area (Å²) in [5.41, 5.74) is 5.82. The van der Waals surface area contributed by atoms with Gasteiger partial charge in [0.2, 0.25) is 0 Å². The number of hydrogen-bond donors (Lipinski definition) is 1. The first kappa shape index (κ1) is 12.0. The third-order valence-electron chi connectivity index (χ3n) is 2.04. The van der Waals surface area contributed by atoms with Crippen LogP contribution in [0.25, 0.3) is 0 Å². The predicted octanol–water partition coefficient (Wildman–Crippen LogP) is 4.51. The molecule has 0 aliphatic carbocycles. The molecule has 88 valence electrons. The SMILES string of the molecule is Nc1cc(F)ccc1Oc1cc(Cl)cc(Cl)c1. The van der Waals surface area contributed by atoms with Crippen molar-refractivity contribution in [2.75, 3.05) is 5.73 Å². The third kappa shape index (κ3) is 3.02. The maximum Gasteiger partial charge on any atom is 0.150 e. The molecule has 5 heteroatoms. The quantitative estimate of drug-likeness (QED) is 0.816.